The topological polar surface area (TPSA) is 82.7 Å². The Morgan fingerprint density at radius 2 is 1.57 bits per heavy atom. The van der Waals surface area contributed by atoms with E-state index >= 15 is 0 Å². The molecule has 0 aromatic carbocycles. The van der Waals surface area contributed by atoms with Crippen molar-refractivity contribution in [3.05, 3.63) is 0 Å². The molecule has 14 heavy (non-hydrogen) atoms. The molecule has 2 aliphatic rings. The molecule has 0 bridgehead atoms. The van der Waals surface area contributed by atoms with E-state index in [1.54, 1.807) is 0 Å². The summed E-state index contributed by atoms with van der Waals surface area (Å²) in [5, 5.41) is 0. The summed E-state index contributed by atoms with van der Waals surface area (Å²) >= 11 is 0. The predicted molar refractivity (Wildman–Crippen MR) is 46.9 cm³/mol. The van der Waals surface area contributed by atoms with E-state index in [1.807, 2.05) is 13.8 Å². The third kappa shape index (κ3) is 2.23. The SMILES string of the molecule is CC1OC1N(CS(=O)(=O)O)C1OC1C. The van der Waals surface area contributed by atoms with Crippen LogP contribution in [0.1, 0.15) is 13.8 Å². The standard InChI is InChI=1S/C7H13NO5S/c1-4-6(12-4)8(3-14(9,10)11)7-5(2)13-7/h4-7H,3H2,1-2H3,(H,9,10,11). The van der Waals surface area contributed by atoms with Gasteiger partial charge in [0.1, 0.15) is 18.3 Å². The Morgan fingerprint density at radius 1 is 1.21 bits per heavy atom. The third-order valence-electron chi connectivity index (χ3n) is 2.32. The molecular formula is C7H13NO5S. The molecule has 7 heteroatoms. The highest BCUT2D eigenvalue weighted by atomic mass is 32.2. The lowest BCUT2D eigenvalue weighted by Gasteiger charge is -2.15. The second-order valence-corrected chi connectivity index (χ2v) is 5.11. The fourth-order valence-corrected chi connectivity index (χ4v) is 2.20. The van der Waals surface area contributed by atoms with E-state index in [1.165, 1.54) is 4.90 Å². The van der Waals surface area contributed by atoms with Crippen molar-refractivity contribution >= 4 is 10.1 Å². The Balaban J connectivity index is 2.00. The first kappa shape index (κ1) is 10.3. The van der Waals surface area contributed by atoms with E-state index in [4.69, 9.17) is 14.0 Å². The molecule has 2 aliphatic heterocycles. The Labute approximate surface area is 82.5 Å². The maximum atomic E-state index is 10.7. The summed E-state index contributed by atoms with van der Waals surface area (Å²) in [4.78, 5) is 1.52. The highest BCUT2D eigenvalue weighted by Gasteiger charge is 2.52. The summed E-state index contributed by atoms with van der Waals surface area (Å²) in [6.07, 6.45) is -0.472. The molecule has 4 atom stereocenters. The van der Waals surface area contributed by atoms with Gasteiger partial charge in [0.25, 0.3) is 10.1 Å². The molecule has 2 rings (SSSR count). The first-order valence-electron chi connectivity index (χ1n) is 4.40. The first-order valence-corrected chi connectivity index (χ1v) is 6.01. The van der Waals surface area contributed by atoms with E-state index in [-0.39, 0.29) is 24.7 Å². The van der Waals surface area contributed by atoms with Crippen LogP contribution in [0.4, 0.5) is 0 Å². The Bertz CT molecular complexity index is 313. The normalized spacial score (nSPS) is 41.4. The molecule has 0 saturated carbocycles. The van der Waals surface area contributed by atoms with Gasteiger partial charge in [-0.25, -0.2) is 4.90 Å². The number of hydrogen-bond acceptors (Lipinski definition) is 5. The average Bonchev–Trinajstić information content (AvgIpc) is 2.85. The van der Waals surface area contributed by atoms with Gasteiger partial charge in [-0.15, -0.1) is 0 Å². The van der Waals surface area contributed by atoms with Gasteiger partial charge < -0.3 is 9.47 Å². The smallest absolute Gasteiger partial charge is 0.278 e. The molecule has 0 aromatic heterocycles. The number of rotatable bonds is 4. The van der Waals surface area contributed by atoms with Crippen LogP contribution in [0.25, 0.3) is 0 Å². The van der Waals surface area contributed by atoms with Crippen molar-refractivity contribution in [1.29, 1.82) is 0 Å². The van der Waals surface area contributed by atoms with Crippen LogP contribution in [-0.4, -0.2) is 48.4 Å². The predicted octanol–water partition coefficient (Wildman–Crippen LogP) is -0.377. The number of ether oxygens (including phenoxy) is 2. The van der Waals surface area contributed by atoms with E-state index in [0.29, 0.717) is 0 Å². The summed E-state index contributed by atoms with van der Waals surface area (Å²) in [7, 11) is -4.01. The zero-order valence-electron chi connectivity index (χ0n) is 7.95. The summed E-state index contributed by atoms with van der Waals surface area (Å²) in [6, 6.07) is 0. The van der Waals surface area contributed by atoms with E-state index in [2.05, 4.69) is 0 Å². The number of nitrogens with zero attached hydrogens (tertiary/aromatic N) is 1. The van der Waals surface area contributed by atoms with Gasteiger partial charge in [0, 0.05) is 0 Å². The molecule has 82 valence electrons. The van der Waals surface area contributed by atoms with Gasteiger partial charge in [-0.1, -0.05) is 0 Å². The van der Waals surface area contributed by atoms with E-state index in [9.17, 15) is 8.42 Å². The van der Waals surface area contributed by atoms with Crippen molar-refractivity contribution < 1.29 is 22.4 Å². The summed E-state index contributed by atoms with van der Waals surface area (Å²) in [6.45, 7) is 3.68. The largest absolute Gasteiger partial charge is 0.353 e. The zero-order valence-corrected chi connectivity index (χ0v) is 8.77. The van der Waals surface area contributed by atoms with Crippen molar-refractivity contribution in [2.75, 3.05) is 5.88 Å². The molecular weight excluding hydrogens is 210 g/mol. The molecule has 4 unspecified atom stereocenters. The van der Waals surface area contributed by atoms with E-state index < -0.39 is 16.0 Å². The maximum Gasteiger partial charge on any atom is 0.278 e. The molecule has 0 aromatic rings. The van der Waals surface area contributed by atoms with Crippen LogP contribution in [-0.2, 0) is 19.6 Å². The van der Waals surface area contributed by atoms with Crippen molar-refractivity contribution in [3.8, 4) is 0 Å². The highest BCUT2D eigenvalue weighted by molar-refractivity contribution is 7.85. The molecule has 2 heterocycles. The second kappa shape index (κ2) is 3.14. The van der Waals surface area contributed by atoms with Gasteiger partial charge >= 0.3 is 0 Å². The molecule has 6 nitrogen and oxygen atoms in total. The van der Waals surface area contributed by atoms with E-state index in [0.717, 1.165) is 0 Å². The lowest BCUT2D eigenvalue weighted by Crippen LogP contribution is -2.36. The Morgan fingerprint density at radius 3 is 1.79 bits per heavy atom. The van der Waals surface area contributed by atoms with Gasteiger partial charge in [0.15, 0.2) is 0 Å². The van der Waals surface area contributed by atoms with Crippen LogP contribution >= 0.6 is 0 Å². The Hall–Kier alpha value is -0.210. The van der Waals surface area contributed by atoms with Crippen molar-refractivity contribution in [2.24, 2.45) is 0 Å². The Kier molecular flexibility index (Phi) is 2.31. The molecule has 0 spiro atoms. The van der Waals surface area contributed by atoms with Gasteiger partial charge in [-0.3, -0.25) is 4.55 Å². The minimum Gasteiger partial charge on any atom is -0.353 e. The molecule has 2 fully saturated rings. The van der Waals surface area contributed by atoms with Crippen molar-refractivity contribution in [1.82, 2.24) is 4.90 Å². The fraction of sp³-hybridized carbons (Fsp3) is 1.00. The van der Waals surface area contributed by atoms with Gasteiger partial charge in [0.05, 0.1) is 12.2 Å². The van der Waals surface area contributed by atoms with Crippen molar-refractivity contribution in [2.45, 2.75) is 38.5 Å². The highest BCUT2D eigenvalue weighted by Crippen LogP contribution is 2.35. The minimum absolute atomic E-state index is 0.00755. The number of hydrogen-bond donors (Lipinski definition) is 1. The quantitative estimate of drug-likeness (QED) is 0.517. The van der Waals surface area contributed by atoms with Crippen LogP contribution in [0.3, 0.4) is 0 Å². The summed E-state index contributed by atoms with van der Waals surface area (Å²) < 4.78 is 40.5. The van der Waals surface area contributed by atoms with Crippen LogP contribution in [0, 0.1) is 0 Å². The summed E-state index contributed by atoms with van der Waals surface area (Å²) in [5.74, 6) is -0.434. The van der Waals surface area contributed by atoms with Crippen LogP contribution < -0.4 is 0 Å². The second-order valence-electron chi connectivity index (χ2n) is 3.69. The fourth-order valence-electron chi connectivity index (χ4n) is 1.52. The molecule has 2 saturated heterocycles. The zero-order chi connectivity index (χ0) is 10.5. The average molecular weight is 223 g/mol. The first-order chi connectivity index (χ1) is 6.38. The maximum absolute atomic E-state index is 10.7. The van der Waals surface area contributed by atoms with Crippen LogP contribution in [0.15, 0.2) is 0 Å². The van der Waals surface area contributed by atoms with Crippen LogP contribution in [0.2, 0.25) is 0 Å². The third-order valence-corrected chi connectivity index (χ3v) is 2.95. The lowest BCUT2D eigenvalue weighted by atomic mass is 10.4. The van der Waals surface area contributed by atoms with Gasteiger partial charge in [0.2, 0.25) is 0 Å². The number of epoxide rings is 2. The monoisotopic (exact) mass is 223 g/mol. The molecule has 1 N–H and O–H groups in total. The molecule has 0 radical (unpaired) electrons. The summed E-state index contributed by atoms with van der Waals surface area (Å²) in [5.41, 5.74) is 0. The molecule has 0 amide bonds. The van der Waals surface area contributed by atoms with Crippen LogP contribution in [0.5, 0.6) is 0 Å². The minimum atomic E-state index is -4.01. The van der Waals surface area contributed by atoms with Gasteiger partial charge in [-0.05, 0) is 13.8 Å². The molecule has 0 aliphatic carbocycles. The van der Waals surface area contributed by atoms with Crippen molar-refractivity contribution in [3.63, 3.8) is 0 Å². The lowest BCUT2D eigenvalue weighted by molar-refractivity contribution is 0.131. The van der Waals surface area contributed by atoms with Gasteiger partial charge in [-0.2, -0.15) is 8.42 Å².